The lowest BCUT2D eigenvalue weighted by molar-refractivity contribution is 0.100. The third-order valence-electron chi connectivity index (χ3n) is 1.46. The summed E-state index contributed by atoms with van der Waals surface area (Å²) in [5, 5.41) is 11.3. The smallest absolute Gasteiger partial charge is 0.407 e. The molecule has 0 aliphatic carbocycles. The number of nitrogens with one attached hydrogen (secondary N) is 1. The number of carbonyl (C=O) groups excluding carboxylic acids is 1. The Labute approximate surface area is 84.4 Å². The minimum atomic E-state index is -0.519. The van der Waals surface area contributed by atoms with E-state index in [1.807, 2.05) is 13.8 Å². The van der Waals surface area contributed by atoms with E-state index in [0.717, 1.165) is 0 Å². The molecule has 0 fully saturated rings. The third kappa shape index (κ3) is 6.68. The number of rotatable bonds is 6. The van der Waals surface area contributed by atoms with E-state index in [4.69, 9.17) is 14.6 Å². The topological polar surface area (TPSA) is 67.8 Å². The van der Waals surface area contributed by atoms with Gasteiger partial charge >= 0.3 is 6.09 Å². The highest BCUT2D eigenvalue weighted by Crippen LogP contribution is 1.93. The van der Waals surface area contributed by atoms with E-state index in [0.29, 0.717) is 12.5 Å². The summed E-state index contributed by atoms with van der Waals surface area (Å²) in [6.07, 6.45) is -0.519. The molecule has 5 nitrogen and oxygen atoms in total. The SMILES string of the molecule is COCC(CO)NC(=O)OCC(C)C. The van der Waals surface area contributed by atoms with Crippen LogP contribution in [0.2, 0.25) is 0 Å². The van der Waals surface area contributed by atoms with E-state index < -0.39 is 12.1 Å². The van der Waals surface area contributed by atoms with Crippen LogP contribution in [0, 0.1) is 5.92 Å². The fraction of sp³-hybridized carbons (Fsp3) is 0.889. The fourth-order valence-corrected chi connectivity index (χ4v) is 0.792. The van der Waals surface area contributed by atoms with Gasteiger partial charge in [0, 0.05) is 7.11 Å². The molecule has 0 radical (unpaired) electrons. The normalized spacial score (nSPS) is 12.6. The summed E-state index contributed by atoms with van der Waals surface area (Å²) >= 11 is 0. The lowest BCUT2D eigenvalue weighted by atomic mass is 10.2. The Balaban J connectivity index is 3.67. The highest BCUT2D eigenvalue weighted by molar-refractivity contribution is 5.67. The number of ether oxygens (including phenoxy) is 2. The van der Waals surface area contributed by atoms with E-state index in [1.54, 1.807) is 0 Å². The van der Waals surface area contributed by atoms with Crippen LogP contribution >= 0.6 is 0 Å². The van der Waals surface area contributed by atoms with Crippen molar-refractivity contribution in [3.05, 3.63) is 0 Å². The number of methoxy groups -OCH3 is 1. The number of hydrogen-bond acceptors (Lipinski definition) is 4. The van der Waals surface area contributed by atoms with Crippen molar-refractivity contribution in [3.63, 3.8) is 0 Å². The van der Waals surface area contributed by atoms with Gasteiger partial charge < -0.3 is 19.9 Å². The molecule has 0 aromatic rings. The summed E-state index contributed by atoms with van der Waals surface area (Å²) in [6, 6.07) is -0.403. The molecule has 84 valence electrons. The highest BCUT2D eigenvalue weighted by Gasteiger charge is 2.11. The summed E-state index contributed by atoms with van der Waals surface area (Å²) in [5.74, 6) is 0.302. The third-order valence-corrected chi connectivity index (χ3v) is 1.46. The van der Waals surface area contributed by atoms with Gasteiger partial charge in [0.1, 0.15) is 0 Å². The molecule has 0 bridgehead atoms. The summed E-state index contributed by atoms with van der Waals surface area (Å²) in [7, 11) is 1.50. The van der Waals surface area contributed by atoms with Crippen molar-refractivity contribution in [1.29, 1.82) is 0 Å². The van der Waals surface area contributed by atoms with E-state index >= 15 is 0 Å². The number of alkyl carbamates (subject to hydrolysis) is 1. The van der Waals surface area contributed by atoms with Crippen molar-refractivity contribution in [2.75, 3.05) is 26.9 Å². The van der Waals surface area contributed by atoms with Crippen molar-refractivity contribution in [3.8, 4) is 0 Å². The van der Waals surface area contributed by atoms with Crippen LogP contribution in [0.25, 0.3) is 0 Å². The molecular formula is C9H19NO4. The molecular weight excluding hydrogens is 186 g/mol. The Morgan fingerprint density at radius 3 is 2.50 bits per heavy atom. The van der Waals surface area contributed by atoms with Gasteiger partial charge in [-0.15, -0.1) is 0 Å². The maximum atomic E-state index is 11.1. The Hall–Kier alpha value is -0.810. The van der Waals surface area contributed by atoms with Crippen LogP contribution in [-0.2, 0) is 9.47 Å². The molecule has 14 heavy (non-hydrogen) atoms. The summed E-state index contributed by atoms with van der Waals surface area (Å²) in [6.45, 7) is 4.38. The van der Waals surface area contributed by atoms with Crippen LogP contribution < -0.4 is 5.32 Å². The zero-order chi connectivity index (χ0) is 11.0. The largest absolute Gasteiger partial charge is 0.449 e. The van der Waals surface area contributed by atoms with Gasteiger partial charge in [0.25, 0.3) is 0 Å². The lowest BCUT2D eigenvalue weighted by Crippen LogP contribution is -2.41. The van der Waals surface area contributed by atoms with Gasteiger partial charge in [-0.05, 0) is 5.92 Å². The Kier molecular flexibility index (Phi) is 7.14. The number of aliphatic hydroxyl groups excluding tert-OH is 1. The predicted molar refractivity (Wildman–Crippen MR) is 52.1 cm³/mol. The van der Waals surface area contributed by atoms with Gasteiger partial charge in [0.15, 0.2) is 0 Å². The van der Waals surface area contributed by atoms with Crippen LogP contribution in [-0.4, -0.2) is 44.2 Å². The number of amides is 1. The average Bonchev–Trinajstić information content (AvgIpc) is 2.14. The maximum Gasteiger partial charge on any atom is 0.407 e. The average molecular weight is 205 g/mol. The van der Waals surface area contributed by atoms with Gasteiger partial charge in [-0.1, -0.05) is 13.8 Å². The molecule has 0 spiro atoms. The van der Waals surface area contributed by atoms with Crippen molar-refractivity contribution in [2.45, 2.75) is 19.9 Å². The standard InChI is InChI=1S/C9H19NO4/c1-7(2)5-14-9(12)10-8(4-11)6-13-3/h7-8,11H,4-6H2,1-3H3,(H,10,12). The van der Waals surface area contributed by atoms with Gasteiger partial charge in [0.05, 0.1) is 25.9 Å². The first-order valence-corrected chi connectivity index (χ1v) is 4.63. The van der Waals surface area contributed by atoms with Crippen molar-refractivity contribution < 1.29 is 19.4 Å². The van der Waals surface area contributed by atoms with Crippen LogP contribution in [0.5, 0.6) is 0 Å². The number of aliphatic hydroxyl groups is 1. The molecule has 0 saturated heterocycles. The molecule has 2 N–H and O–H groups in total. The highest BCUT2D eigenvalue weighted by atomic mass is 16.5. The van der Waals surface area contributed by atoms with Crippen molar-refractivity contribution in [2.24, 2.45) is 5.92 Å². The summed E-state index contributed by atoms with van der Waals surface area (Å²) < 4.78 is 9.66. The van der Waals surface area contributed by atoms with E-state index in [1.165, 1.54) is 7.11 Å². The van der Waals surface area contributed by atoms with Crippen LogP contribution in [0.1, 0.15) is 13.8 Å². The molecule has 0 aromatic carbocycles. The molecule has 0 saturated carbocycles. The number of hydrogen-bond donors (Lipinski definition) is 2. The van der Waals surface area contributed by atoms with E-state index in [2.05, 4.69) is 5.32 Å². The quantitative estimate of drug-likeness (QED) is 0.657. The van der Waals surface area contributed by atoms with Gasteiger partial charge in [-0.2, -0.15) is 0 Å². The first kappa shape index (κ1) is 13.2. The molecule has 0 aromatic heterocycles. The van der Waals surface area contributed by atoms with Crippen molar-refractivity contribution >= 4 is 6.09 Å². The zero-order valence-electron chi connectivity index (χ0n) is 8.95. The summed E-state index contributed by atoms with van der Waals surface area (Å²) in [4.78, 5) is 11.1. The van der Waals surface area contributed by atoms with Crippen LogP contribution in [0.15, 0.2) is 0 Å². The molecule has 0 rings (SSSR count). The van der Waals surface area contributed by atoms with Crippen molar-refractivity contribution in [1.82, 2.24) is 5.32 Å². The second-order valence-corrected chi connectivity index (χ2v) is 3.47. The minimum absolute atomic E-state index is 0.162. The molecule has 1 amide bonds. The van der Waals surface area contributed by atoms with Gasteiger partial charge in [-0.3, -0.25) is 0 Å². The zero-order valence-corrected chi connectivity index (χ0v) is 8.95. The number of carbonyl (C=O) groups is 1. The molecule has 5 heteroatoms. The molecule has 0 aliphatic rings. The fourth-order valence-electron chi connectivity index (χ4n) is 0.792. The Bertz CT molecular complexity index is 161. The molecule has 1 atom stereocenters. The lowest BCUT2D eigenvalue weighted by Gasteiger charge is -2.15. The van der Waals surface area contributed by atoms with Gasteiger partial charge in [-0.25, -0.2) is 4.79 Å². The summed E-state index contributed by atoms with van der Waals surface area (Å²) in [5.41, 5.74) is 0. The van der Waals surface area contributed by atoms with Crippen LogP contribution in [0.3, 0.4) is 0 Å². The molecule has 1 unspecified atom stereocenters. The Morgan fingerprint density at radius 2 is 2.07 bits per heavy atom. The monoisotopic (exact) mass is 205 g/mol. The minimum Gasteiger partial charge on any atom is -0.449 e. The van der Waals surface area contributed by atoms with E-state index in [-0.39, 0.29) is 13.2 Å². The Morgan fingerprint density at radius 1 is 1.43 bits per heavy atom. The maximum absolute atomic E-state index is 11.1. The van der Waals surface area contributed by atoms with Gasteiger partial charge in [0.2, 0.25) is 0 Å². The second kappa shape index (κ2) is 7.58. The first-order valence-electron chi connectivity index (χ1n) is 4.63. The second-order valence-electron chi connectivity index (χ2n) is 3.47. The predicted octanol–water partition coefficient (Wildman–Crippen LogP) is 0.376. The van der Waals surface area contributed by atoms with Crippen LogP contribution in [0.4, 0.5) is 4.79 Å². The first-order chi connectivity index (χ1) is 6.60. The molecule has 0 heterocycles. The van der Waals surface area contributed by atoms with E-state index in [9.17, 15) is 4.79 Å². The molecule has 0 aliphatic heterocycles.